The molecule has 0 bridgehead atoms. The van der Waals surface area contributed by atoms with Crippen molar-refractivity contribution in [2.75, 3.05) is 11.9 Å². The number of esters is 1. The number of benzene rings is 1. The molecule has 0 heterocycles. The van der Waals surface area contributed by atoms with Crippen LogP contribution in [-0.2, 0) is 9.53 Å². The largest absolute Gasteiger partial charge is 0.466 e. The predicted octanol–water partition coefficient (Wildman–Crippen LogP) is 3.22. The second-order valence-electron chi connectivity index (χ2n) is 4.47. The monoisotopic (exact) mass is 342 g/mol. The first-order valence-corrected chi connectivity index (χ1v) is 7.21. The zero-order valence-corrected chi connectivity index (χ0v) is 13.4. The standard InChI is InChI=1S/C14H19BrN2O3/c1-4-20-13(18)8-10(3)16-14(19)17-12-6-5-11(15)7-9(12)2/h5-7,10H,4,8H2,1-3H3,(H2,16,17,19). The fraction of sp³-hybridized carbons (Fsp3) is 0.429. The summed E-state index contributed by atoms with van der Waals surface area (Å²) >= 11 is 3.36. The predicted molar refractivity (Wildman–Crippen MR) is 81.7 cm³/mol. The molecular weight excluding hydrogens is 324 g/mol. The molecule has 0 saturated heterocycles. The van der Waals surface area contributed by atoms with Gasteiger partial charge in [0.1, 0.15) is 0 Å². The third kappa shape index (κ3) is 5.61. The van der Waals surface area contributed by atoms with Gasteiger partial charge in [0, 0.05) is 16.2 Å². The molecule has 0 spiro atoms. The lowest BCUT2D eigenvalue weighted by Crippen LogP contribution is -2.37. The van der Waals surface area contributed by atoms with Crippen molar-refractivity contribution in [2.24, 2.45) is 0 Å². The zero-order chi connectivity index (χ0) is 15.1. The van der Waals surface area contributed by atoms with Crippen LogP contribution in [0.25, 0.3) is 0 Å². The number of urea groups is 1. The lowest BCUT2D eigenvalue weighted by Gasteiger charge is -2.15. The molecule has 1 rings (SSSR count). The van der Waals surface area contributed by atoms with Crippen LogP contribution in [0.5, 0.6) is 0 Å². The highest BCUT2D eigenvalue weighted by molar-refractivity contribution is 9.10. The van der Waals surface area contributed by atoms with E-state index >= 15 is 0 Å². The first-order valence-electron chi connectivity index (χ1n) is 6.41. The van der Waals surface area contributed by atoms with E-state index in [0.29, 0.717) is 6.61 Å². The molecule has 2 N–H and O–H groups in total. The third-order valence-electron chi connectivity index (χ3n) is 2.59. The highest BCUT2D eigenvalue weighted by atomic mass is 79.9. The Bertz CT molecular complexity index is 491. The minimum absolute atomic E-state index is 0.153. The Morgan fingerprint density at radius 1 is 1.40 bits per heavy atom. The molecule has 6 heteroatoms. The minimum atomic E-state index is -0.341. The number of rotatable bonds is 5. The van der Waals surface area contributed by atoms with Crippen molar-refractivity contribution in [3.63, 3.8) is 0 Å². The van der Waals surface area contributed by atoms with Crippen molar-refractivity contribution in [3.8, 4) is 0 Å². The smallest absolute Gasteiger partial charge is 0.319 e. The van der Waals surface area contributed by atoms with Crippen LogP contribution in [0.2, 0.25) is 0 Å². The van der Waals surface area contributed by atoms with Crippen molar-refractivity contribution >= 4 is 33.6 Å². The Labute approximate surface area is 127 Å². The topological polar surface area (TPSA) is 67.4 Å². The van der Waals surface area contributed by atoms with Crippen LogP contribution in [0.1, 0.15) is 25.8 Å². The molecule has 5 nitrogen and oxygen atoms in total. The van der Waals surface area contributed by atoms with Crippen LogP contribution in [0.15, 0.2) is 22.7 Å². The van der Waals surface area contributed by atoms with Gasteiger partial charge in [0.05, 0.1) is 13.0 Å². The lowest BCUT2D eigenvalue weighted by molar-refractivity contribution is -0.143. The molecule has 1 aromatic carbocycles. The first-order chi connectivity index (χ1) is 9.42. The summed E-state index contributed by atoms with van der Waals surface area (Å²) in [4.78, 5) is 23.1. The summed E-state index contributed by atoms with van der Waals surface area (Å²) in [6, 6.07) is 4.95. The molecule has 0 radical (unpaired) electrons. The maximum Gasteiger partial charge on any atom is 0.319 e. The number of amides is 2. The summed E-state index contributed by atoms with van der Waals surface area (Å²) in [7, 11) is 0. The second-order valence-corrected chi connectivity index (χ2v) is 5.38. The average molecular weight is 343 g/mol. The second kappa shape index (κ2) is 7.89. The van der Waals surface area contributed by atoms with Gasteiger partial charge in [-0.2, -0.15) is 0 Å². The summed E-state index contributed by atoms with van der Waals surface area (Å²) in [5, 5.41) is 5.45. The van der Waals surface area contributed by atoms with Gasteiger partial charge in [0.25, 0.3) is 0 Å². The van der Waals surface area contributed by atoms with Crippen LogP contribution in [0, 0.1) is 6.92 Å². The van der Waals surface area contributed by atoms with Gasteiger partial charge in [0.15, 0.2) is 0 Å². The Morgan fingerprint density at radius 2 is 2.10 bits per heavy atom. The molecule has 0 aliphatic carbocycles. The van der Waals surface area contributed by atoms with Crippen molar-refractivity contribution in [2.45, 2.75) is 33.2 Å². The molecule has 2 amide bonds. The molecule has 0 aromatic heterocycles. The number of halogens is 1. The highest BCUT2D eigenvalue weighted by Crippen LogP contribution is 2.19. The van der Waals surface area contributed by atoms with E-state index in [4.69, 9.17) is 4.74 Å². The number of anilines is 1. The Kier molecular flexibility index (Phi) is 6.51. The fourth-order valence-corrected chi connectivity index (χ4v) is 2.15. The van der Waals surface area contributed by atoms with E-state index in [0.717, 1.165) is 15.7 Å². The fourth-order valence-electron chi connectivity index (χ4n) is 1.67. The number of carbonyl (C=O) groups is 2. The summed E-state index contributed by atoms with van der Waals surface area (Å²) in [6.45, 7) is 5.75. The van der Waals surface area contributed by atoms with Crippen molar-refractivity contribution in [1.29, 1.82) is 0 Å². The van der Waals surface area contributed by atoms with E-state index in [1.807, 2.05) is 25.1 Å². The van der Waals surface area contributed by atoms with Gasteiger partial charge in [-0.1, -0.05) is 15.9 Å². The Balaban J connectivity index is 2.49. The van der Waals surface area contributed by atoms with Crippen LogP contribution < -0.4 is 10.6 Å². The van der Waals surface area contributed by atoms with Crippen molar-refractivity contribution < 1.29 is 14.3 Å². The van der Waals surface area contributed by atoms with E-state index in [2.05, 4.69) is 26.6 Å². The van der Waals surface area contributed by atoms with E-state index in [1.165, 1.54) is 0 Å². The van der Waals surface area contributed by atoms with Crippen molar-refractivity contribution in [3.05, 3.63) is 28.2 Å². The highest BCUT2D eigenvalue weighted by Gasteiger charge is 2.13. The normalized spacial score (nSPS) is 11.6. The number of hydrogen-bond acceptors (Lipinski definition) is 3. The zero-order valence-electron chi connectivity index (χ0n) is 11.8. The molecule has 1 atom stereocenters. The van der Waals surface area contributed by atoms with E-state index in [9.17, 15) is 9.59 Å². The van der Waals surface area contributed by atoms with Gasteiger partial charge in [0.2, 0.25) is 0 Å². The van der Waals surface area contributed by atoms with Crippen LogP contribution >= 0.6 is 15.9 Å². The Morgan fingerprint density at radius 3 is 2.70 bits per heavy atom. The summed E-state index contributed by atoms with van der Waals surface area (Å²) in [6.07, 6.45) is 0.153. The average Bonchev–Trinajstić information content (AvgIpc) is 2.32. The van der Waals surface area contributed by atoms with E-state index in [-0.39, 0.29) is 24.5 Å². The summed E-state index contributed by atoms with van der Waals surface area (Å²) in [5.74, 6) is -0.319. The molecule has 20 heavy (non-hydrogen) atoms. The lowest BCUT2D eigenvalue weighted by atomic mass is 10.2. The van der Waals surface area contributed by atoms with Crippen LogP contribution in [-0.4, -0.2) is 24.6 Å². The van der Waals surface area contributed by atoms with E-state index in [1.54, 1.807) is 13.8 Å². The quantitative estimate of drug-likeness (QED) is 0.807. The van der Waals surface area contributed by atoms with Crippen LogP contribution in [0.4, 0.5) is 10.5 Å². The first kappa shape index (κ1) is 16.5. The third-order valence-corrected chi connectivity index (χ3v) is 3.09. The molecule has 0 aliphatic rings. The van der Waals surface area contributed by atoms with Crippen molar-refractivity contribution in [1.82, 2.24) is 5.32 Å². The van der Waals surface area contributed by atoms with Gasteiger partial charge in [-0.3, -0.25) is 4.79 Å². The molecule has 0 aliphatic heterocycles. The van der Waals surface area contributed by atoms with Gasteiger partial charge < -0.3 is 15.4 Å². The molecule has 0 fully saturated rings. The number of carbonyl (C=O) groups excluding carboxylic acids is 2. The number of nitrogens with one attached hydrogen (secondary N) is 2. The summed E-state index contributed by atoms with van der Waals surface area (Å²) < 4.78 is 5.78. The van der Waals surface area contributed by atoms with Gasteiger partial charge >= 0.3 is 12.0 Å². The molecular formula is C14H19BrN2O3. The number of ether oxygens (including phenoxy) is 1. The molecule has 1 aromatic rings. The van der Waals surface area contributed by atoms with E-state index < -0.39 is 0 Å². The SMILES string of the molecule is CCOC(=O)CC(C)NC(=O)Nc1ccc(Br)cc1C. The number of hydrogen-bond donors (Lipinski definition) is 2. The molecule has 0 saturated carbocycles. The number of aryl methyl sites for hydroxylation is 1. The minimum Gasteiger partial charge on any atom is -0.466 e. The molecule has 1 unspecified atom stereocenters. The molecule has 110 valence electrons. The van der Waals surface area contributed by atoms with Gasteiger partial charge in [-0.25, -0.2) is 4.79 Å². The maximum absolute atomic E-state index is 11.8. The van der Waals surface area contributed by atoms with Crippen LogP contribution in [0.3, 0.4) is 0 Å². The van der Waals surface area contributed by atoms with Gasteiger partial charge in [-0.15, -0.1) is 0 Å². The maximum atomic E-state index is 11.8. The van der Waals surface area contributed by atoms with Gasteiger partial charge in [-0.05, 0) is 44.5 Å². The Hall–Kier alpha value is -1.56. The summed E-state index contributed by atoms with van der Waals surface area (Å²) in [5.41, 5.74) is 1.68.